The Balaban J connectivity index is 0.000000640. The molecule has 1 rings (SSSR count). The number of hydrogen-bond acceptors (Lipinski definition) is 1. The van der Waals surface area contributed by atoms with Crippen molar-refractivity contribution in [2.45, 2.75) is 13.3 Å². The van der Waals surface area contributed by atoms with Crippen LogP contribution in [0.25, 0.3) is 0 Å². The Hall–Kier alpha value is -0.344. The van der Waals surface area contributed by atoms with E-state index in [-0.39, 0.29) is 22.6 Å². The fraction of sp³-hybridized carbons (Fsp3) is 0.286. The van der Waals surface area contributed by atoms with Crippen molar-refractivity contribution in [3.8, 4) is 0 Å². The number of rotatable bonds is 1. The Kier molecular flexibility index (Phi) is 3.50. The van der Waals surface area contributed by atoms with Crippen LogP contribution in [0.15, 0.2) is 17.7 Å². The zero-order valence-electron chi connectivity index (χ0n) is 5.10. The zero-order chi connectivity index (χ0) is 5.98. The van der Waals surface area contributed by atoms with Crippen molar-refractivity contribution in [3.05, 3.63) is 23.8 Å². The number of Topliss-reactive ketones (excluding diaryl/α,β-unsaturated/α-hetero) is 1. The average Bonchev–Trinajstić information content (AvgIpc) is 2.12. The fourth-order valence-electron chi connectivity index (χ4n) is 0.646. The number of hydrogen-bond donors (Lipinski definition) is 0. The molecular weight excluding hydrogens is 159 g/mol. The molecule has 0 aromatic heterocycles. The molecular formula is C7H7CoO-. The van der Waals surface area contributed by atoms with Gasteiger partial charge in [0.1, 0.15) is 0 Å². The van der Waals surface area contributed by atoms with E-state index in [4.69, 9.17) is 0 Å². The van der Waals surface area contributed by atoms with Crippen LogP contribution >= 0.6 is 0 Å². The summed E-state index contributed by atoms with van der Waals surface area (Å²) in [6, 6.07) is 0. The van der Waals surface area contributed by atoms with Crippen LogP contribution < -0.4 is 0 Å². The average molecular weight is 166 g/mol. The monoisotopic (exact) mass is 166 g/mol. The molecule has 51 valence electrons. The topological polar surface area (TPSA) is 17.1 Å². The van der Waals surface area contributed by atoms with Crippen LogP contribution in [0.4, 0.5) is 0 Å². The summed E-state index contributed by atoms with van der Waals surface area (Å²) in [4.78, 5) is 10.5. The van der Waals surface area contributed by atoms with Crippen molar-refractivity contribution in [3.63, 3.8) is 0 Å². The van der Waals surface area contributed by atoms with Crippen LogP contribution in [-0.4, -0.2) is 5.78 Å². The first kappa shape index (κ1) is 8.66. The normalized spacial score (nSPS) is 14.6. The van der Waals surface area contributed by atoms with E-state index in [0.717, 1.165) is 12.0 Å². The molecule has 0 atom stereocenters. The minimum Gasteiger partial charge on any atom is -0.371 e. The van der Waals surface area contributed by atoms with Crippen LogP contribution in [0.2, 0.25) is 0 Å². The standard InChI is InChI=1S/C7H7O.Co/c1-6(8)7-4-2-3-5-7;/h2,4H,3H2,1H3;/q-1;. The van der Waals surface area contributed by atoms with E-state index < -0.39 is 0 Å². The molecule has 0 heterocycles. The van der Waals surface area contributed by atoms with Gasteiger partial charge in [0.15, 0.2) is 0 Å². The SMILES string of the molecule is CC(=O)C1=[C-]CC=C1.[Co]. The second-order valence-electron chi connectivity index (χ2n) is 1.75. The predicted octanol–water partition coefficient (Wildman–Crippen LogP) is 1.26. The fourth-order valence-corrected chi connectivity index (χ4v) is 0.646. The van der Waals surface area contributed by atoms with Crippen molar-refractivity contribution in [1.82, 2.24) is 0 Å². The summed E-state index contributed by atoms with van der Waals surface area (Å²) in [5.74, 6) is 0.110. The van der Waals surface area contributed by atoms with Crippen LogP contribution in [-0.2, 0) is 21.6 Å². The molecule has 0 saturated carbocycles. The van der Waals surface area contributed by atoms with Gasteiger partial charge in [-0.15, -0.1) is 6.08 Å². The van der Waals surface area contributed by atoms with Gasteiger partial charge >= 0.3 is 0 Å². The minimum absolute atomic E-state index is 0. The van der Waals surface area contributed by atoms with Gasteiger partial charge in [0.2, 0.25) is 0 Å². The van der Waals surface area contributed by atoms with E-state index in [2.05, 4.69) is 6.08 Å². The number of carbonyl (C=O) groups excluding carboxylic acids is 1. The molecule has 0 amide bonds. The van der Waals surface area contributed by atoms with Gasteiger partial charge in [0, 0.05) is 22.6 Å². The van der Waals surface area contributed by atoms with E-state index in [1.807, 2.05) is 12.2 Å². The summed E-state index contributed by atoms with van der Waals surface area (Å²) < 4.78 is 0. The maximum absolute atomic E-state index is 10.5. The summed E-state index contributed by atoms with van der Waals surface area (Å²) in [6.45, 7) is 1.55. The maximum atomic E-state index is 10.5. The molecule has 9 heavy (non-hydrogen) atoms. The van der Waals surface area contributed by atoms with Gasteiger partial charge in [-0.25, -0.2) is 0 Å². The van der Waals surface area contributed by atoms with Gasteiger partial charge in [0.25, 0.3) is 0 Å². The van der Waals surface area contributed by atoms with E-state index in [9.17, 15) is 4.79 Å². The summed E-state index contributed by atoms with van der Waals surface area (Å²) in [5, 5.41) is 0. The van der Waals surface area contributed by atoms with Gasteiger partial charge in [-0.3, -0.25) is 0 Å². The summed E-state index contributed by atoms with van der Waals surface area (Å²) in [7, 11) is 0. The van der Waals surface area contributed by atoms with Gasteiger partial charge in [-0.05, 0) is 6.92 Å². The Morgan fingerprint density at radius 1 is 1.78 bits per heavy atom. The summed E-state index contributed by atoms with van der Waals surface area (Å²) >= 11 is 0. The van der Waals surface area contributed by atoms with Crippen molar-refractivity contribution >= 4 is 5.78 Å². The third-order valence-corrected chi connectivity index (χ3v) is 1.07. The third-order valence-electron chi connectivity index (χ3n) is 1.07. The molecule has 1 radical (unpaired) electrons. The predicted molar refractivity (Wildman–Crippen MR) is 31.2 cm³/mol. The van der Waals surface area contributed by atoms with E-state index >= 15 is 0 Å². The van der Waals surface area contributed by atoms with E-state index in [1.165, 1.54) is 0 Å². The first-order valence-electron chi connectivity index (χ1n) is 2.59. The maximum Gasteiger partial charge on any atom is 0.0464 e. The molecule has 0 spiro atoms. The molecule has 2 heteroatoms. The zero-order valence-corrected chi connectivity index (χ0v) is 6.14. The second kappa shape index (κ2) is 3.64. The Morgan fingerprint density at radius 2 is 2.44 bits per heavy atom. The van der Waals surface area contributed by atoms with E-state index in [0.29, 0.717) is 0 Å². The molecule has 0 aromatic carbocycles. The molecule has 0 fully saturated rings. The molecule has 0 saturated heterocycles. The van der Waals surface area contributed by atoms with Crippen molar-refractivity contribution in [2.24, 2.45) is 0 Å². The smallest absolute Gasteiger partial charge is 0.0464 e. The number of ketones is 1. The van der Waals surface area contributed by atoms with Gasteiger partial charge in [0.05, 0.1) is 0 Å². The van der Waals surface area contributed by atoms with E-state index in [1.54, 1.807) is 6.92 Å². The quantitative estimate of drug-likeness (QED) is 0.536. The Labute approximate surface area is 65.0 Å². The molecule has 1 nitrogen and oxygen atoms in total. The number of allylic oxidation sites excluding steroid dienone is 4. The first-order valence-corrected chi connectivity index (χ1v) is 2.59. The molecule has 0 bridgehead atoms. The Bertz CT molecular complexity index is 168. The molecule has 1 aliphatic carbocycles. The van der Waals surface area contributed by atoms with Gasteiger partial charge in [-0.1, -0.05) is 6.42 Å². The molecule has 0 aromatic rings. The second-order valence-corrected chi connectivity index (χ2v) is 1.75. The summed E-state index contributed by atoms with van der Waals surface area (Å²) in [5.41, 5.74) is 0.727. The number of carbonyl (C=O) groups is 1. The molecule has 1 aliphatic rings. The molecule has 0 aliphatic heterocycles. The molecule has 0 N–H and O–H groups in total. The van der Waals surface area contributed by atoms with Crippen molar-refractivity contribution in [1.29, 1.82) is 0 Å². The first-order chi connectivity index (χ1) is 3.80. The molecule has 0 unspecified atom stereocenters. The van der Waals surface area contributed by atoms with Crippen LogP contribution in [0.5, 0.6) is 0 Å². The van der Waals surface area contributed by atoms with Crippen LogP contribution in [0.1, 0.15) is 13.3 Å². The van der Waals surface area contributed by atoms with Crippen LogP contribution in [0, 0.1) is 6.08 Å². The minimum atomic E-state index is 0. The van der Waals surface area contributed by atoms with Crippen molar-refractivity contribution < 1.29 is 21.6 Å². The largest absolute Gasteiger partial charge is 0.371 e. The van der Waals surface area contributed by atoms with Gasteiger partial charge in [-0.2, -0.15) is 17.7 Å². The Morgan fingerprint density at radius 3 is 2.67 bits per heavy atom. The van der Waals surface area contributed by atoms with Crippen molar-refractivity contribution in [2.75, 3.05) is 0 Å². The van der Waals surface area contributed by atoms with Gasteiger partial charge < -0.3 is 4.79 Å². The summed E-state index contributed by atoms with van der Waals surface area (Å²) in [6.07, 6.45) is 7.45. The van der Waals surface area contributed by atoms with Crippen LogP contribution in [0.3, 0.4) is 0 Å². The third kappa shape index (κ3) is 2.16.